The molecule has 1 saturated carbocycles. The van der Waals surface area contributed by atoms with E-state index in [9.17, 15) is 0 Å². The van der Waals surface area contributed by atoms with E-state index in [4.69, 9.17) is 28.5 Å². The zero-order valence-corrected chi connectivity index (χ0v) is 22.0. The largest absolute Gasteiger partial charge is 0.359 e. The molecule has 3 aromatic carbocycles. The van der Waals surface area contributed by atoms with E-state index < -0.39 is 0 Å². The van der Waals surface area contributed by atoms with Gasteiger partial charge in [-0.2, -0.15) is 5.26 Å². The van der Waals surface area contributed by atoms with Gasteiger partial charge in [0.15, 0.2) is 0 Å². The Balaban J connectivity index is 1.51. The second kappa shape index (κ2) is 9.46. The molecule has 0 spiro atoms. The van der Waals surface area contributed by atoms with Crippen LogP contribution in [0.1, 0.15) is 47.6 Å². The fourth-order valence-electron chi connectivity index (χ4n) is 5.06. The lowest BCUT2D eigenvalue weighted by atomic mass is 10.0. The van der Waals surface area contributed by atoms with Crippen molar-refractivity contribution in [1.29, 1.82) is 5.26 Å². The Morgan fingerprint density at radius 1 is 0.971 bits per heavy atom. The summed E-state index contributed by atoms with van der Waals surface area (Å²) in [7, 11) is 0. The Morgan fingerprint density at radius 3 is 2.37 bits per heavy atom. The fourth-order valence-corrected chi connectivity index (χ4v) is 5.58. The summed E-state index contributed by atoms with van der Waals surface area (Å²) in [5.74, 6) is 0.629. The zero-order chi connectivity index (χ0) is 25.5. The van der Waals surface area contributed by atoms with Gasteiger partial charge in [0.1, 0.15) is 0 Å². The maximum atomic E-state index is 9.11. The molecule has 0 aromatic heterocycles. The Morgan fingerprint density at radius 2 is 1.71 bits per heavy atom. The molecule has 35 heavy (non-hydrogen) atoms. The third-order valence-corrected chi connectivity index (χ3v) is 7.41. The smallest absolute Gasteiger partial charge is 0.0991 e. The lowest BCUT2D eigenvalue weighted by Crippen LogP contribution is -2.05. The summed E-state index contributed by atoms with van der Waals surface area (Å²) in [6.45, 7) is 17.1. The molecule has 2 N–H and O–H groups in total. The topological polar surface area (TPSA) is 47.9 Å². The molecule has 5 heteroatoms. The number of hydrogen-bond acceptors (Lipinski definition) is 3. The second-order valence-corrected chi connectivity index (χ2v) is 10.8. The monoisotopic (exact) mass is 501 g/mol. The van der Waals surface area contributed by atoms with Gasteiger partial charge in [0, 0.05) is 39.3 Å². The van der Waals surface area contributed by atoms with E-state index in [1.54, 1.807) is 6.07 Å². The molecule has 0 bridgehead atoms. The molecule has 1 aliphatic rings. The highest BCUT2D eigenvalue weighted by Crippen LogP contribution is 2.67. The Kier molecular flexibility index (Phi) is 6.73. The standard InChI is InChI=1S/C30H29Cl2N3/c1-17-11-22(14-23(31)12-17)29-28(30(29,5)6)20(4)34-24-8-9-26(32)25(15-24)19(3)35-27-10-7-21(16-33)13-18(27)2/h7-15,28-29,34-35H,3-4H2,1-2,5-6H3. The number of hydrogen-bond donors (Lipinski definition) is 2. The summed E-state index contributed by atoms with van der Waals surface area (Å²) in [6.07, 6.45) is 0. The van der Waals surface area contributed by atoms with Crippen molar-refractivity contribution in [1.82, 2.24) is 0 Å². The van der Waals surface area contributed by atoms with Gasteiger partial charge in [-0.1, -0.05) is 56.3 Å². The Bertz CT molecular complexity index is 1360. The van der Waals surface area contributed by atoms with E-state index in [0.29, 0.717) is 22.2 Å². The SMILES string of the molecule is C=C(Nc1ccc(C#N)cc1C)c1cc(NC(=C)C2C(c3cc(C)cc(Cl)c3)C2(C)C)ccc1Cl. The van der Waals surface area contributed by atoms with Gasteiger partial charge < -0.3 is 10.6 Å². The molecule has 0 saturated heterocycles. The van der Waals surface area contributed by atoms with E-state index >= 15 is 0 Å². The zero-order valence-electron chi connectivity index (χ0n) is 20.5. The predicted molar refractivity (Wildman–Crippen MR) is 149 cm³/mol. The maximum Gasteiger partial charge on any atom is 0.0991 e. The maximum absolute atomic E-state index is 9.11. The van der Waals surface area contributed by atoms with Crippen LogP contribution < -0.4 is 10.6 Å². The van der Waals surface area contributed by atoms with E-state index in [-0.39, 0.29) is 11.3 Å². The third kappa shape index (κ3) is 5.10. The number of nitrogens with one attached hydrogen (secondary N) is 2. The molecule has 0 heterocycles. The molecule has 4 rings (SSSR count). The number of rotatable bonds is 7. The van der Waals surface area contributed by atoms with Gasteiger partial charge in [0.05, 0.1) is 16.7 Å². The minimum atomic E-state index is 0.0781. The molecule has 3 nitrogen and oxygen atoms in total. The number of nitrogens with zero attached hydrogens (tertiary/aromatic N) is 1. The van der Waals surface area contributed by atoms with Gasteiger partial charge in [-0.15, -0.1) is 0 Å². The van der Waals surface area contributed by atoms with Crippen molar-refractivity contribution in [2.45, 2.75) is 33.6 Å². The van der Waals surface area contributed by atoms with Gasteiger partial charge in [-0.25, -0.2) is 0 Å². The van der Waals surface area contributed by atoms with Crippen LogP contribution in [0.25, 0.3) is 5.70 Å². The van der Waals surface area contributed by atoms with E-state index in [1.165, 1.54) is 11.1 Å². The number of benzene rings is 3. The van der Waals surface area contributed by atoms with Crippen LogP contribution in [0, 0.1) is 36.5 Å². The van der Waals surface area contributed by atoms with Crippen LogP contribution in [0.2, 0.25) is 10.0 Å². The van der Waals surface area contributed by atoms with E-state index in [0.717, 1.165) is 33.2 Å². The highest BCUT2D eigenvalue weighted by Gasteiger charge is 2.59. The number of anilines is 2. The van der Waals surface area contributed by atoms with Crippen molar-refractivity contribution in [3.05, 3.63) is 111 Å². The van der Waals surface area contributed by atoms with Crippen molar-refractivity contribution in [2.24, 2.45) is 11.3 Å². The van der Waals surface area contributed by atoms with Crippen LogP contribution in [0.3, 0.4) is 0 Å². The van der Waals surface area contributed by atoms with Crippen LogP contribution in [-0.2, 0) is 0 Å². The first-order chi connectivity index (χ1) is 16.5. The van der Waals surface area contributed by atoms with Crippen molar-refractivity contribution in [3.8, 4) is 6.07 Å². The molecular formula is C30H29Cl2N3. The molecule has 0 aliphatic heterocycles. The minimum absolute atomic E-state index is 0.0781. The molecule has 1 fully saturated rings. The number of halogens is 2. The lowest BCUT2D eigenvalue weighted by Gasteiger charge is -2.16. The third-order valence-electron chi connectivity index (χ3n) is 6.86. The van der Waals surface area contributed by atoms with Gasteiger partial charge in [-0.05, 0) is 90.4 Å². The van der Waals surface area contributed by atoms with Crippen molar-refractivity contribution in [2.75, 3.05) is 10.6 Å². The first kappa shape index (κ1) is 24.9. The average molecular weight is 502 g/mol. The summed E-state index contributed by atoms with van der Waals surface area (Å²) in [6, 6.07) is 19.7. The summed E-state index contributed by atoms with van der Waals surface area (Å²) in [5, 5.41) is 17.3. The summed E-state index contributed by atoms with van der Waals surface area (Å²) >= 11 is 12.9. The highest BCUT2D eigenvalue weighted by atomic mass is 35.5. The first-order valence-electron chi connectivity index (χ1n) is 11.5. The van der Waals surface area contributed by atoms with Crippen LogP contribution in [0.5, 0.6) is 0 Å². The molecule has 2 unspecified atom stereocenters. The molecule has 2 atom stereocenters. The summed E-state index contributed by atoms with van der Waals surface area (Å²) in [5.41, 5.74) is 8.30. The normalized spacial score (nSPS) is 17.9. The van der Waals surface area contributed by atoms with Crippen LogP contribution in [0.4, 0.5) is 11.4 Å². The molecule has 0 radical (unpaired) electrons. The van der Waals surface area contributed by atoms with Crippen molar-refractivity contribution < 1.29 is 0 Å². The van der Waals surface area contributed by atoms with E-state index in [2.05, 4.69) is 62.8 Å². The van der Waals surface area contributed by atoms with Gasteiger partial charge in [-0.3, -0.25) is 0 Å². The Hall–Kier alpha value is -3.19. The Labute approximate surface area is 218 Å². The van der Waals surface area contributed by atoms with Gasteiger partial charge >= 0.3 is 0 Å². The predicted octanol–water partition coefficient (Wildman–Crippen LogP) is 8.93. The molecule has 1 aliphatic carbocycles. The minimum Gasteiger partial charge on any atom is -0.359 e. The summed E-state index contributed by atoms with van der Waals surface area (Å²) < 4.78 is 0. The first-order valence-corrected chi connectivity index (χ1v) is 12.3. The highest BCUT2D eigenvalue weighted by molar-refractivity contribution is 6.32. The second-order valence-electron chi connectivity index (χ2n) is 9.93. The quantitative estimate of drug-likeness (QED) is 0.339. The van der Waals surface area contributed by atoms with Gasteiger partial charge in [0.2, 0.25) is 0 Å². The molecule has 0 amide bonds. The molecule has 3 aromatic rings. The van der Waals surface area contributed by atoms with Gasteiger partial charge in [0.25, 0.3) is 0 Å². The number of aryl methyl sites for hydroxylation is 2. The van der Waals surface area contributed by atoms with Crippen LogP contribution >= 0.6 is 23.2 Å². The van der Waals surface area contributed by atoms with Crippen molar-refractivity contribution in [3.63, 3.8) is 0 Å². The van der Waals surface area contributed by atoms with Crippen molar-refractivity contribution >= 4 is 40.3 Å². The average Bonchev–Trinajstić information content (AvgIpc) is 3.37. The van der Waals surface area contributed by atoms with Crippen LogP contribution in [0.15, 0.2) is 73.5 Å². The molecular weight excluding hydrogens is 473 g/mol. The molecule has 178 valence electrons. The summed E-state index contributed by atoms with van der Waals surface area (Å²) in [4.78, 5) is 0. The van der Waals surface area contributed by atoms with E-state index in [1.807, 2.05) is 43.3 Å². The number of allylic oxidation sites excluding steroid dienone is 1. The number of nitriles is 1. The fraction of sp³-hybridized carbons (Fsp3) is 0.233. The lowest BCUT2D eigenvalue weighted by molar-refractivity contribution is 0.585. The van der Waals surface area contributed by atoms with Crippen LogP contribution in [-0.4, -0.2) is 0 Å².